The molecule has 4 heteroatoms. The van der Waals surface area contributed by atoms with Crippen molar-refractivity contribution in [3.05, 3.63) is 97.2 Å². The zero-order chi connectivity index (χ0) is 21.9. The van der Waals surface area contributed by atoms with Crippen molar-refractivity contribution in [2.45, 2.75) is 6.92 Å². The molecule has 4 nitrogen and oxygen atoms in total. The number of nitrogens with zero attached hydrogens (tertiary/aromatic N) is 4. The first-order valence-corrected chi connectivity index (χ1v) is 10.6. The summed E-state index contributed by atoms with van der Waals surface area (Å²) in [5, 5.41) is 0. The summed E-state index contributed by atoms with van der Waals surface area (Å²) in [6, 6.07) is 33.6. The number of hydrogen-bond acceptors (Lipinski definition) is 3. The standard InChI is InChI=1S/C28H22N4/c1-3-31(4-2)23-18-16-22(17-19-23)27-30-25-14-10-20-29-28(25)32(27)26-15-9-8-13-24(26)21-11-6-5-7-12-21/h1,5-20H,4H2,2H3. The van der Waals surface area contributed by atoms with Crippen LogP contribution in [0, 0.1) is 12.5 Å². The van der Waals surface area contributed by atoms with Crippen LogP contribution in [0.25, 0.3) is 39.4 Å². The molecule has 0 aliphatic heterocycles. The van der Waals surface area contributed by atoms with Gasteiger partial charge >= 0.3 is 0 Å². The van der Waals surface area contributed by atoms with E-state index in [1.54, 1.807) is 0 Å². The van der Waals surface area contributed by atoms with E-state index in [1.807, 2.05) is 48.4 Å². The summed E-state index contributed by atoms with van der Waals surface area (Å²) in [4.78, 5) is 11.5. The number of para-hydroxylation sites is 1. The first kappa shape index (κ1) is 19.6. The Morgan fingerprint density at radius 2 is 1.59 bits per heavy atom. The molecule has 2 heterocycles. The molecule has 5 aromatic rings. The molecular weight excluding hydrogens is 392 g/mol. The van der Waals surface area contributed by atoms with Crippen LogP contribution in [0.3, 0.4) is 0 Å². The third kappa shape index (κ3) is 3.40. The fourth-order valence-corrected chi connectivity index (χ4v) is 4.00. The summed E-state index contributed by atoms with van der Waals surface area (Å²) in [5.74, 6) is 0.845. The summed E-state index contributed by atoms with van der Waals surface area (Å²) >= 11 is 0. The van der Waals surface area contributed by atoms with Crippen LogP contribution in [-0.2, 0) is 0 Å². The van der Waals surface area contributed by atoms with Crippen molar-refractivity contribution in [2.24, 2.45) is 0 Å². The second-order valence-electron chi connectivity index (χ2n) is 7.42. The maximum atomic E-state index is 5.64. The van der Waals surface area contributed by atoms with Gasteiger partial charge in [0.05, 0.1) is 5.69 Å². The molecule has 0 amide bonds. The molecule has 0 aliphatic carbocycles. The van der Waals surface area contributed by atoms with Gasteiger partial charge in [0, 0.05) is 35.6 Å². The lowest BCUT2D eigenvalue weighted by atomic mass is 10.0. The summed E-state index contributed by atoms with van der Waals surface area (Å²) < 4.78 is 2.14. The first-order chi connectivity index (χ1) is 15.8. The SMILES string of the molecule is C#CN(CC)c1ccc(-c2nc3cccnc3n2-c2ccccc2-c2ccccc2)cc1. The zero-order valence-electron chi connectivity index (χ0n) is 17.8. The van der Waals surface area contributed by atoms with Gasteiger partial charge in [-0.15, -0.1) is 0 Å². The van der Waals surface area contributed by atoms with E-state index < -0.39 is 0 Å². The maximum absolute atomic E-state index is 5.64. The summed E-state index contributed by atoms with van der Waals surface area (Å²) in [7, 11) is 0. The summed E-state index contributed by atoms with van der Waals surface area (Å²) in [6.07, 6.45) is 7.45. The highest BCUT2D eigenvalue weighted by Crippen LogP contribution is 2.34. The van der Waals surface area contributed by atoms with Gasteiger partial charge in [-0.25, -0.2) is 9.97 Å². The molecule has 154 valence electrons. The van der Waals surface area contributed by atoms with E-state index in [0.29, 0.717) is 0 Å². The second kappa shape index (κ2) is 8.41. The van der Waals surface area contributed by atoms with Crippen molar-refractivity contribution in [1.82, 2.24) is 14.5 Å². The molecule has 0 saturated heterocycles. The molecule has 0 atom stereocenters. The van der Waals surface area contributed by atoms with Gasteiger partial charge in [-0.2, -0.15) is 0 Å². The molecule has 0 unspecified atom stereocenters. The first-order valence-electron chi connectivity index (χ1n) is 10.6. The van der Waals surface area contributed by atoms with Crippen molar-refractivity contribution in [1.29, 1.82) is 0 Å². The van der Waals surface area contributed by atoms with Crippen molar-refractivity contribution in [2.75, 3.05) is 11.4 Å². The Balaban J connectivity index is 1.73. The molecule has 0 fully saturated rings. The minimum atomic E-state index is 0.753. The van der Waals surface area contributed by atoms with Crippen LogP contribution in [-0.4, -0.2) is 21.1 Å². The molecule has 32 heavy (non-hydrogen) atoms. The van der Waals surface area contributed by atoms with Crippen molar-refractivity contribution in [3.8, 4) is 40.7 Å². The Hall–Kier alpha value is -4.36. The van der Waals surface area contributed by atoms with Gasteiger partial charge < -0.3 is 4.90 Å². The fraction of sp³-hybridized carbons (Fsp3) is 0.0714. The van der Waals surface area contributed by atoms with Gasteiger partial charge in [-0.05, 0) is 55.0 Å². The Kier molecular flexibility index (Phi) is 5.15. The van der Waals surface area contributed by atoms with E-state index >= 15 is 0 Å². The monoisotopic (exact) mass is 414 g/mol. The molecule has 0 aliphatic rings. The van der Waals surface area contributed by atoms with Crippen LogP contribution in [0.2, 0.25) is 0 Å². The minimum absolute atomic E-state index is 0.753. The second-order valence-corrected chi connectivity index (χ2v) is 7.42. The van der Waals surface area contributed by atoms with Crippen LogP contribution in [0.4, 0.5) is 5.69 Å². The fourth-order valence-electron chi connectivity index (χ4n) is 4.00. The molecule has 0 spiro atoms. The predicted molar refractivity (Wildman–Crippen MR) is 132 cm³/mol. The number of fused-ring (bicyclic) bond motifs is 1. The van der Waals surface area contributed by atoms with Crippen molar-refractivity contribution < 1.29 is 0 Å². The van der Waals surface area contributed by atoms with Gasteiger partial charge in [0.25, 0.3) is 0 Å². The van der Waals surface area contributed by atoms with E-state index in [9.17, 15) is 0 Å². The summed E-state index contributed by atoms with van der Waals surface area (Å²) in [6.45, 7) is 2.79. The number of imidazole rings is 1. The maximum Gasteiger partial charge on any atom is 0.164 e. The molecule has 0 saturated carbocycles. The molecule has 0 bridgehead atoms. The van der Waals surface area contributed by atoms with Gasteiger partial charge in [0.15, 0.2) is 5.65 Å². The Morgan fingerprint density at radius 3 is 2.34 bits per heavy atom. The van der Waals surface area contributed by atoms with E-state index in [2.05, 4.69) is 76.3 Å². The molecule has 0 N–H and O–H groups in total. The average Bonchev–Trinajstić information content (AvgIpc) is 3.25. The van der Waals surface area contributed by atoms with Crippen molar-refractivity contribution in [3.63, 3.8) is 0 Å². The highest BCUT2D eigenvalue weighted by atomic mass is 15.1. The quantitative estimate of drug-likeness (QED) is 0.255. The number of terminal acetylenes is 1. The Bertz CT molecular complexity index is 1410. The van der Waals surface area contributed by atoms with E-state index in [0.717, 1.165) is 51.6 Å². The molecular formula is C28H22N4. The van der Waals surface area contributed by atoms with Crippen LogP contribution in [0.15, 0.2) is 97.2 Å². The minimum Gasteiger partial charge on any atom is -0.302 e. The third-order valence-electron chi connectivity index (χ3n) is 5.56. The van der Waals surface area contributed by atoms with Crippen molar-refractivity contribution >= 4 is 16.9 Å². The highest BCUT2D eigenvalue weighted by molar-refractivity contribution is 5.84. The largest absolute Gasteiger partial charge is 0.302 e. The molecule has 0 radical (unpaired) electrons. The van der Waals surface area contributed by atoms with Crippen LogP contribution >= 0.6 is 0 Å². The van der Waals surface area contributed by atoms with Crippen LogP contribution in [0.1, 0.15) is 6.92 Å². The number of aromatic nitrogens is 3. The van der Waals surface area contributed by atoms with Crippen LogP contribution < -0.4 is 4.90 Å². The lowest BCUT2D eigenvalue weighted by Gasteiger charge is -2.16. The van der Waals surface area contributed by atoms with E-state index in [-0.39, 0.29) is 0 Å². The smallest absolute Gasteiger partial charge is 0.164 e. The lowest BCUT2D eigenvalue weighted by Crippen LogP contribution is -2.14. The number of rotatable bonds is 5. The van der Waals surface area contributed by atoms with Gasteiger partial charge in [0.2, 0.25) is 0 Å². The topological polar surface area (TPSA) is 34.0 Å². The Labute approximate surface area is 187 Å². The average molecular weight is 415 g/mol. The van der Waals surface area contributed by atoms with Crippen LogP contribution in [0.5, 0.6) is 0 Å². The molecule has 3 aromatic carbocycles. The predicted octanol–water partition coefficient (Wildman–Crippen LogP) is 6.17. The van der Waals surface area contributed by atoms with Gasteiger partial charge in [-0.3, -0.25) is 4.57 Å². The normalized spacial score (nSPS) is 10.8. The van der Waals surface area contributed by atoms with E-state index in [1.165, 1.54) is 0 Å². The number of pyridine rings is 1. The number of hydrogen-bond donors (Lipinski definition) is 0. The highest BCUT2D eigenvalue weighted by Gasteiger charge is 2.18. The Morgan fingerprint density at radius 1 is 0.844 bits per heavy atom. The molecule has 5 rings (SSSR count). The third-order valence-corrected chi connectivity index (χ3v) is 5.56. The van der Waals surface area contributed by atoms with Gasteiger partial charge in [0.1, 0.15) is 11.3 Å². The number of benzene rings is 3. The zero-order valence-corrected chi connectivity index (χ0v) is 17.8. The van der Waals surface area contributed by atoms with Gasteiger partial charge in [-0.1, -0.05) is 55.0 Å². The lowest BCUT2D eigenvalue weighted by molar-refractivity contribution is 1.04. The molecule has 2 aromatic heterocycles. The summed E-state index contributed by atoms with van der Waals surface area (Å²) in [5.41, 5.74) is 6.99. The van der Waals surface area contributed by atoms with E-state index in [4.69, 9.17) is 11.4 Å². The number of anilines is 1.